The fourth-order valence-corrected chi connectivity index (χ4v) is 2.23. The molecule has 0 aromatic rings. The van der Waals surface area contributed by atoms with E-state index in [0.29, 0.717) is 0 Å². The number of rotatable bonds is 6. The summed E-state index contributed by atoms with van der Waals surface area (Å²) < 4.78 is 20.6. The molecule has 0 aliphatic carbocycles. The Bertz CT molecular complexity index is 272. The van der Waals surface area contributed by atoms with Crippen LogP contribution in [0.2, 0.25) is 0 Å². The SMILES string of the molecule is [2H]O[P+](O)(O)OC[C@H]1O[C@@H](C)[CH][C@H]1O[P+](O)(O)O. The minimum atomic E-state index is -4.45. The summed E-state index contributed by atoms with van der Waals surface area (Å²) in [6.07, 6.45) is -0.891. The van der Waals surface area contributed by atoms with E-state index in [0.717, 1.165) is 0 Å². The third kappa shape index (κ3) is 6.28. The zero-order chi connectivity index (χ0) is 14.0. The molecule has 17 heavy (non-hydrogen) atoms. The Balaban J connectivity index is 2.52. The van der Waals surface area contributed by atoms with Crippen molar-refractivity contribution in [2.45, 2.75) is 25.2 Å². The first-order valence-electron chi connectivity index (χ1n) is 4.94. The summed E-state index contributed by atoms with van der Waals surface area (Å²) in [5.74, 6) is 0. The standard InChI is InChI=1S/C6H15O9P2/c1-4-2-5(15-17(10,11)12)6(14-4)3-13-16(7,8)9/h2,4-12H,3H2,1H3/q+2/t4-,5+,6+/m0/s1/i7D. The molecular formula is C6H15O9P2+2. The molecular weight excluding hydrogens is 278 g/mol. The highest BCUT2D eigenvalue weighted by molar-refractivity contribution is 7.53. The van der Waals surface area contributed by atoms with Gasteiger partial charge in [0, 0.05) is 6.42 Å². The van der Waals surface area contributed by atoms with Gasteiger partial charge in [-0.2, -0.15) is 33.9 Å². The van der Waals surface area contributed by atoms with Crippen molar-refractivity contribution in [3.05, 3.63) is 6.42 Å². The van der Waals surface area contributed by atoms with Gasteiger partial charge in [0.05, 0.1) is 6.10 Å². The van der Waals surface area contributed by atoms with E-state index in [-0.39, 0.29) is 0 Å². The molecule has 1 rings (SSSR count). The Morgan fingerprint density at radius 1 is 1.29 bits per heavy atom. The largest absolute Gasteiger partial charge is 0.567 e. The van der Waals surface area contributed by atoms with E-state index < -0.39 is 41.3 Å². The van der Waals surface area contributed by atoms with Crippen molar-refractivity contribution >= 4 is 16.3 Å². The molecule has 1 aliphatic heterocycles. The van der Waals surface area contributed by atoms with Gasteiger partial charge in [-0.25, -0.2) is 0 Å². The predicted molar refractivity (Wildman–Crippen MR) is 56.6 cm³/mol. The van der Waals surface area contributed by atoms with Crippen LogP contribution in [0.5, 0.6) is 0 Å². The third-order valence-electron chi connectivity index (χ3n) is 1.89. The molecule has 3 atom stereocenters. The van der Waals surface area contributed by atoms with Gasteiger partial charge < -0.3 is 4.74 Å². The van der Waals surface area contributed by atoms with E-state index in [9.17, 15) is 0 Å². The van der Waals surface area contributed by atoms with Gasteiger partial charge in [-0.05, 0) is 6.92 Å². The molecule has 1 aliphatic rings. The summed E-state index contributed by atoms with van der Waals surface area (Å²) in [5.41, 5.74) is 0. The molecule has 0 aromatic carbocycles. The molecule has 0 spiro atoms. The Morgan fingerprint density at radius 3 is 2.47 bits per heavy atom. The Morgan fingerprint density at radius 2 is 1.94 bits per heavy atom. The summed E-state index contributed by atoms with van der Waals surface area (Å²) in [6.45, 7) is 1.20. The number of hydrogen-bond acceptors (Lipinski definition) is 9. The maximum atomic E-state index is 8.96. The lowest BCUT2D eigenvalue weighted by Crippen LogP contribution is -2.29. The van der Waals surface area contributed by atoms with Gasteiger partial charge in [-0.1, -0.05) is 0 Å². The molecule has 1 fully saturated rings. The number of ether oxygens (including phenoxy) is 1. The van der Waals surface area contributed by atoms with E-state index in [1.165, 1.54) is 6.42 Å². The summed E-state index contributed by atoms with van der Waals surface area (Å²) in [5, 5.41) is 0. The molecule has 1 radical (unpaired) electrons. The first kappa shape index (κ1) is 13.9. The van der Waals surface area contributed by atoms with E-state index in [1.807, 2.05) is 0 Å². The molecule has 1 heterocycles. The van der Waals surface area contributed by atoms with E-state index in [4.69, 9.17) is 30.6 Å². The maximum Gasteiger partial charge on any atom is 0.567 e. The quantitative estimate of drug-likeness (QED) is 0.328. The summed E-state index contributed by atoms with van der Waals surface area (Å²) in [6, 6.07) is 0. The second-order valence-electron chi connectivity index (χ2n) is 3.44. The van der Waals surface area contributed by atoms with Crippen molar-refractivity contribution in [2.24, 2.45) is 0 Å². The van der Waals surface area contributed by atoms with Crippen molar-refractivity contribution in [2.75, 3.05) is 6.61 Å². The van der Waals surface area contributed by atoms with Crippen LogP contribution in [0.4, 0.5) is 0 Å². The van der Waals surface area contributed by atoms with Crippen LogP contribution in [0.25, 0.3) is 0 Å². The second kappa shape index (κ2) is 5.64. The minimum absolute atomic E-state index is 0.419. The Kier molecular flexibility index (Phi) is 4.62. The van der Waals surface area contributed by atoms with Gasteiger partial charge in [0.15, 0.2) is 0 Å². The topological polar surface area (TPSA) is 149 Å². The molecule has 0 saturated carbocycles. The van der Waals surface area contributed by atoms with Crippen LogP contribution in [0.15, 0.2) is 0 Å². The highest BCUT2D eigenvalue weighted by atomic mass is 31.2. The van der Waals surface area contributed by atoms with Crippen LogP contribution >= 0.6 is 16.3 Å². The zero-order valence-corrected chi connectivity index (χ0v) is 10.6. The van der Waals surface area contributed by atoms with Crippen molar-refractivity contribution < 1.29 is 43.1 Å². The third-order valence-corrected chi connectivity index (χ3v) is 2.90. The van der Waals surface area contributed by atoms with Crippen LogP contribution in [0.3, 0.4) is 0 Å². The average Bonchev–Trinajstić information content (AvgIpc) is 2.53. The van der Waals surface area contributed by atoms with E-state index in [1.54, 1.807) is 6.92 Å². The molecule has 9 nitrogen and oxygen atoms in total. The molecule has 11 heteroatoms. The van der Waals surface area contributed by atoms with Crippen LogP contribution in [0.1, 0.15) is 6.92 Å². The van der Waals surface area contributed by atoms with Gasteiger partial charge in [0.1, 0.15) is 18.8 Å². The van der Waals surface area contributed by atoms with Crippen molar-refractivity contribution in [1.29, 1.82) is 1.43 Å². The van der Waals surface area contributed by atoms with Crippen molar-refractivity contribution in [3.8, 4) is 0 Å². The van der Waals surface area contributed by atoms with E-state index >= 15 is 0 Å². The maximum absolute atomic E-state index is 8.96. The highest BCUT2D eigenvalue weighted by Gasteiger charge is 2.47. The first-order valence-corrected chi connectivity index (χ1v) is 7.62. The van der Waals surface area contributed by atoms with Crippen LogP contribution in [-0.4, -0.2) is 55.7 Å². The van der Waals surface area contributed by atoms with Crippen LogP contribution in [-0.2, 0) is 13.8 Å². The summed E-state index contributed by atoms with van der Waals surface area (Å²) >= 11 is 0. The van der Waals surface area contributed by atoms with Crippen LogP contribution < -0.4 is 0 Å². The van der Waals surface area contributed by atoms with Gasteiger partial charge in [-0.3, -0.25) is 0 Å². The minimum Gasteiger partial charge on any atom is -0.369 e. The smallest absolute Gasteiger partial charge is 0.369 e. The average molecular weight is 294 g/mol. The first-order chi connectivity index (χ1) is 8.13. The number of hydrogen-bond donors (Lipinski definition) is 6. The molecule has 1 saturated heterocycles. The predicted octanol–water partition coefficient (Wildman–Crippen LogP) is -1.31. The van der Waals surface area contributed by atoms with Crippen molar-refractivity contribution in [1.82, 2.24) is 0 Å². The van der Waals surface area contributed by atoms with Crippen LogP contribution in [0, 0.1) is 6.42 Å². The summed E-state index contributed by atoms with van der Waals surface area (Å²) in [4.78, 5) is 47.9. The second-order valence-corrected chi connectivity index (χ2v) is 5.92. The fraction of sp³-hybridized carbons (Fsp3) is 0.833. The molecule has 0 bridgehead atoms. The van der Waals surface area contributed by atoms with Crippen molar-refractivity contribution in [3.63, 3.8) is 0 Å². The Hall–Kier alpha value is 0.500. The van der Waals surface area contributed by atoms with Gasteiger partial charge >= 0.3 is 16.3 Å². The summed E-state index contributed by atoms with van der Waals surface area (Å²) in [7, 11) is -8.69. The zero-order valence-electron chi connectivity index (χ0n) is 9.78. The highest BCUT2D eigenvalue weighted by Crippen LogP contribution is 2.50. The normalized spacial score (nSPS) is 31.6. The molecule has 0 amide bonds. The fourth-order valence-electron chi connectivity index (χ4n) is 1.36. The van der Waals surface area contributed by atoms with Gasteiger partial charge in [0.2, 0.25) is 0 Å². The monoisotopic (exact) mass is 294 g/mol. The molecule has 0 aromatic heterocycles. The lowest BCUT2D eigenvalue weighted by molar-refractivity contribution is -0.0236. The Labute approximate surface area is 100 Å². The van der Waals surface area contributed by atoms with Gasteiger partial charge in [0.25, 0.3) is 1.43 Å². The van der Waals surface area contributed by atoms with Gasteiger partial charge in [-0.15, -0.1) is 4.52 Å². The molecule has 101 valence electrons. The molecule has 0 unspecified atom stereocenters. The lowest BCUT2D eigenvalue weighted by Gasteiger charge is -2.16. The van der Waals surface area contributed by atoms with E-state index in [2.05, 4.69) is 13.9 Å². The molecule has 6 N–H and O–H groups in total. The lowest BCUT2D eigenvalue weighted by atomic mass is 10.1.